The van der Waals surface area contributed by atoms with Gasteiger partial charge < -0.3 is 10.6 Å². The first-order valence-electron chi connectivity index (χ1n) is 5.54. The number of thioether (sulfide) groups is 1. The lowest BCUT2D eigenvalue weighted by molar-refractivity contribution is 0.699. The molecule has 1 aliphatic rings. The van der Waals surface area contributed by atoms with Crippen molar-refractivity contribution in [3.63, 3.8) is 0 Å². The number of rotatable bonds is 2. The van der Waals surface area contributed by atoms with Crippen LogP contribution >= 0.6 is 39.9 Å². The Bertz CT molecular complexity index is 437. The number of halogens is 1. The average molecular weight is 331 g/mol. The van der Waals surface area contributed by atoms with Gasteiger partial charge in [0.15, 0.2) is 0 Å². The summed E-state index contributed by atoms with van der Waals surface area (Å²) in [5.74, 6) is 2.32. The molecular weight excluding hydrogens is 316 g/mol. The first-order chi connectivity index (χ1) is 8.11. The van der Waals surface area contributed by atoms with Crippen molar-refractivity contribution in [1.29, 1.82) is 0 Å². The lowest BCUT2D eigenvalue weighted by Gasteiger charge is -2.36. The van der Waals surface area contributed by atoms with Crippen LogP contribution in [-0.4, -0.2) is 29.1 Å². The third kappa shape index (κ3) is 2.77. The fourth-order valence-corrected chi connectivity index (χ4v) is 4.01. The number of nitrogens with zero attached hydrogens (tertiary/aromatic N) is 1. The van der Waals surface area contributed by atoms with Crippen LogP contribution in [-0.2, 0) is 0 Å². The third-order valence-corrected chi connectivity index (χ3v) is 4.97. The molecule has 5 heteroatoms. The molecule has 0 radical (unpaired) electrons. The van der Waals surface area contributed by atoms with Crippen LogP contribution in [0.15, 0.2) is 22.7 Å². The van der Waals surface area contributed by atoms with E-state index in [1.807, 2.05) is 23.9 Å². The number of thiocarbonyl (C=S) groups is 1. The molecular formula is C12H15BrN2S2. The van der Waals surface area contributed by atoms with Crippen molar-refractivity contribution in [3.8, 4) is 0 Å². The Morgan fingerprint density at radius 1 is 1.59 bits per heavy atom. The van der Waals surface area contributed by atoms with Crippen molar-refractivity contribution >= 4 is 50.6 Å². The standard InChI is InChI=1S/C12H15BrN2S2/c1-8-7-17-6-5-15(8)10-4-2-3-9(13)11(10)12(14)16/h2-4,8H,5-7H2,1H3,(H2,14,16). The minimum Gasteiger partial charge on any atom is -0.389 e. The highest BCUT2D eigenvalue weighted by Crippen LogP contribution is 2.31. The highest BCUT2D eigenvalue weighted by atomic mass is 79.9. The van der Waals surface area contributed by atoms with E-state index < -0.39 is 0 Å². The molecule has 0 amide bonds. The monoisotopic (exact) mass is 330 g/mol. The van der Waals surface area contributed by atoms with Crippen molar-refractivity contribution in [2.45, 2.75) is 13.0 Å². The molecule has 1 heterocycles. The van der Waals surface area contributed by atoms with Gasteiger partial charge in [-0.2, -0.15) is 11.8 Å². The molecule has 0 bridgehead atoms. The summed E-state index contributed by atoms with van der Waals surface area (Å²) in [4.78, 5) is 2.85. The summed E-state index contributed by atoms with van der Waals surface area (Å²) in [6, 6.07) is 6.65. The molecule has 92 valence electrons. The molecule has 0 saturated carbocycles. The Kier molecular flexibility index (Phi) is 4.33. The Morgan fingerprint density at radius 3 is 3.00 bits per heavy atom. The van der Waals surface area contributed by atoms with Gasteiger partial charge in [0.05, 0.1) is 0 Å². The molecule has 0 aliphatic carbocycles. The van der Waals surface area contributed by atoms with Crippen LogP contribution < -0.4 is 10.6 Å². The van der Waals surface area contributed by atoms with E-state index in [-0.39, 0.29) is 0 Å². The molecule has 17 heavy (non-hydrogen) atoms. The number of benzene rings is 1. The number of nitrogens with two attached hydrogens (primary N) is 1. The lowest BCUT2D eigenvalue weighted by Crippen LogP contribution is -2.41. The molecule has 2 N–H and O–H groups in total. The Labute approximate surface area is 120 Å². The minimum atomic E-state index is 0.456. The summed E-state index contributed by atoms with van der Waals surface area (Å²) in [6.07, 6.45) is 0. The first-order valence-corrected chi connectivity index (χ1v) is 7.89. The second-order valence-corrected chi connectivity index (χ2v) is 6.56. The van der Waals surface area contributed by atoms with Crippen molar-refractivity contribution in [3.05, 3.63) is 28.2 Å². The molecule has 1 aromatic carbocycles. The molecule has 2 nitrogen and oxygen atoms in total. The fraction of sp³-hybridized carbons (Fsp3) is 0.417. The molecule has 0 spiro atoms. The Balaban J connectivity index is 2.43. The predicted molar refractivity (Wildman–Crippen MR) is 84.2 cm³/mol. The third-order valence-electron chi connectivity index (χ3n) is 2.92. The van der Waals surface area contributed by atoms with Gasteiger partial charge >= 0.3 is 0 Å². The molecule has 1 saturated heterocycles. The van der Waals surface area contributed by atoms with Crippen LogP contribution in [0.1, 0.15) is 12.5 Å². The highest BCUT2D eigenvalue weighted by Gasteiger charge is 2.22. The number of hydrogen-bond donors (Lipinski definition) is 1. The second kappa shape index (κ2) is 5.59. The molecule has 0 aromatic heterocycles. The van der Waals surface area contributed by atoms with Gasteiger partial charge in [-0.25, -0.2) is 0 Å². The largest absolute Gasteiger partial charge is 0.389 e. The van der Waals surface area contributed by atoms with Gasteiger partial charge in [0.25, 0.3) is 0 Å². The van der Waals surface area contributed by atoms with E-state index in [9.17, 15) is 0 Å². The van der Waals surface area contributed by atoms with Crippen LogP contribution in [0.2, 0.25) is 0 Å². The molecule has 2 rings (SSSR count). The van der Waals surface area contributed by atoms with E-state index in [1.165, 1.54) is 0 Å². The van der Waals surface area contributed by atoms with Crippen LogP contribution in [0, 0.1) is 0 Å². The lowest BCUT2D eigenvalue weighted by atomic mass is 10.1. The average Bonchev–Trinajstić information content (AvgIpc) is 2.28. The first kappa shape index (κ1) is 13.2. The number of hydrogen-bond acceptors (Lipinski definition) is 3. The van der Waals surface area contributed by atoms with Crippen LogP contribution in [0.3, 0.4) is 0 Å². The molecule has 1 atom stereocenters. The van der Waals surface area contributed by atoms with Gasteiger partial charge in [-0.3, -0.25) is 0 Å². The summed E-state index contributed by atoms with van der Waals surface area (Å²) < 4.78 is 0.980. The molecule has 1 aliphatic heterocycles. The maximum atomic E-state index is 5.84. The maximum Gasteiger partial charge on any atom is 0.107 e. The summed E-state index contributed by atoms with van der Waals surface area (Å²) in [6.45, 7) is 3.30. The van der Waals surface area contributed by atoms with E-state index in [0.717, 1.165) is 33.8 Å². The van der Waals surface area contributed by atoms with Crippen LogP contribution in [0.25, 0.3) is 0 Å². The van der Waals surface area contributed by atoms with Gasteiger partial charge in [0.2, 0.25) is 0 Å². The van der Waals surface area contributed by atoms with Gasteiger partial charge in [-0.15, -0.1) is 0 Å². The maximum absolute atomic E-state index is 5.84. The van der Waals surface area contributed by atoms with E-state index >= 15 is 0 Å². The second-order valence-electron chi connectivity index (χ2n) is 4.12. The van der Waals surface area contributed by atoms with E-state index in [1.54, 1.807) is 0 Å². The van der Waals surface area contributed by atoms with Crippen LogP contribution in [0.4, 0.5) is 5.69 Å². The number of anilines is 1. The van der Waals surface area contributed by atoms with Crippen molar-refractivity contribution < 1.29 is 0 Å². The van der Waals surface area contributed by atoms with E-state index in [0.29, 0.717) is 11.0 Å². The van der Waals surface area contributed by atoms with Crippen molar-refractivity contribution in [2.24, 2.45) is 5.73 Å². The molecule has 1 unspecified atom stereocenters. The SMILES string of the molecule is CC1CSCCN1c1cccc(Br)c1C(N)=S. The summed E-state index contributed by atoms with van der Waals surface area (Å²) >= 11 is 10.7. The van der Waals surface area contributed by atoms with Gasteiger partial charge in [-0.05, 0) is 35.0 Å². The smallest absolute Gasteiger partial charge is 0.107 e. The zero-order valence-corrected chi connectivity index (χ0v) is 12.9. The van der Waals surface area contributed by atoms with Gasteiger partial charge in [-0.1, -0.05) is 18.3 Å². The topological polar surface area (TPSA) is 29.3 Å². The van der Waals surface area contributed by atoms with Crippen molar-refractivity contribution in [1.82, 2.24) is 0 Å². The van der Waals surface area contributed by atoms with Gasteiger partial charge in [0, 0.05) is 39.8 Å². The van der Waals surface area contributed by atoms with E-state index in [4.69, 9.17) is 18.0 Å². The summed E-state index contributed by atoms with van der Waals surface area (Å²) in [5.41, 5.74) is 7.95. The Hall–Kier alpha value is -0.260. The van der Waals surface area contributed by atoms with E-state index in [2.05, 4.69) is 33.8 Å². The zero-order chi connectivity index (χ0) is 12.4. The summed E-state index contributed by atoms with van der Waals surface area (Å²) in [7, 11) is 0. The summed E-state index contributed by atoms with van der Waals surface area (Å²) in [5, 5.41) is 0. The predicted octanol–water partition coefficient (Wildman–Crippen LogP) is 3.03. The molecule has 1 aromatic rings. The van der Waals surface area contributed by atoms with Crippen molar-refractivity contribution in [2.75, 3.05) is 23.0 Å². The highest BCUT2D eigenvalue weighted by molar-refractivity contribution is 9.10. The zero-order valence-electron chi connectivity index (χ0n) is 9.65. The fourth-order valence-electron chi connectivity index (χ4n) is 2.08. The normalized spacial score (nSPS) is 20.4. The minimum absolute atomic E-state index is 0.456. The van der Waals surface area contributed by atoms with Gasteiger partial charge in [0.1, 0.15) is 4.99 Å². The van der Waals surface area contributed by atoms with Crippen LogP contribution in [0.5, 0.6) is 0 Å². The Morgan fingerprint density at radius 2 is 2.35 bits per heavy atom. The quantitative estimate of drug-likeness (QED) is 0.844. The molecule has 1 fully saturated rings.